The summed E-state index contributed by atoms with van der Waals surface area (Å²) in [6.45, 7) is 0. The highest BCUT2D eigenvalue weighted by Crippen LogP contribution is 2.24. The van der Waals surface area contributed by atoms with Crippen molar-refractivity contribution < 1.29 is 4.84 Å². The fourth-order valence-corrected chi connectivity index (χ4v) is 1.47. The molecular weight excluding hydrogens is 265 g/mol. The van der Waals surface area contributed by atoms with Crippen LogP contribution < -0.4 is 0 Å². The van der Waals surface area contributed by atoms with Gasteiger partial charge >= 0.3 is 0 Å². The molecule has 0 fully saturated rings. The Bertz CT molecular complexity index is 286. The third-order valence-corrected chi connectivity index (χ3v) is 2.48. The second kappa shape index (κ2) is 3.43. The molecule has 0 N–H and O–H groups in total. The van der Waals surface area contributed by atoms with Crippen LogP contribution in [0.4, 0.5) is 0 Å². The summed E-state index contributed by atoms with van der Waals surface area (Å²) in [4.78, 5) is 5.09. The van der Waals surface area contributed by atoms with Crippen LogP contribution in [-0.2, 0) is 4.84 Å². The first-order valence-electron chi connectivity index (χ1n) is 3.70. The van der Waals surface area contributed by atoms with Crippen LogP contribution in [0.25, 0.3) is 0 Å². The van der Waals surface area contributed by atoms with Crippen molar-refractivity contribution in [1.82, 2.24) is 0 Å². The molecule has 0 saturated heterocycles. The van der Waals surface area contributed by atoms with Crippen LogP contribution in [0.15, 0.2) is 29.4 Å². The van der Waals surface area contributed by atoms with Crippen molar-refractivity contribution in [2.24, 2.45) is 5.16 Å². The smallest absolute Gasteiger partial charge is 0.158 e. The molecular formula is C9H7INO. The fourth-order valence-electron chi connectivity index (χ4n) is 1.11. The largest absolute Gasteiger partial charge is 0.387 e. The van der Waals surface area contributed by atoms with Gasteiger partial charge < -0.3 is 4.84 Å². The zero-order valence-corrected chi connectivity index (χ0v) is 8.48. The van der Waals surface area contributed by atoms with Gasteiger partial charge in [0.05, 0.1) is 0 Å². The van der Waals surface area contributed by atoms with E-state index in [-0.39, 0.29) is 6.10 Å². The van der Waals surface area contributed by atoms with E-state index in [0.717, 1.165) is 6.42 Å². The van der Waals surface area contributed by atoms with Gasteiger partial charge in [-0.15, -0.1) is 0 Å². The molecule has 1 aromatic carbocycles. The average Bonchev–Trinajstić information content (AvgIpc) is 2.58. The third kappa shape index (κ3) is 1.60. The molecule has 1 aliphatic rings. The Morgan fingerprint density at radius 2 is 2.17 bits per heavy atom. The molecule has 1 atom stereocenters. The van der Waals surface area contributed by atoms with Crippen molar-refractivity contribution in [3.8, 4) is 0 Å². The zero-order chi connectivity index (χ0) is 8.39. The molecule has 0 aliphatic carbocycles. The van der Waals surface area contributed by atoms with Gasteiger partial charge in [0.1, 0.15) is 6.21 Å². The van der Waals surface area contributed by atoms with E-state index in [4.69, 9.17) is 4.84 Å². The number of hydrogen-bond donors (Lipinski definition) is 0. The maximum Gasteiger partial charge on any atom is 0.158 e. The van der Waals surface area contributed by atoms with Crippen LogP contribution in [0.1, 0.15) is 18.1 Å². The highest BCUT2D eigenvalue weighted by molar-refractivity contribution is 14.1. The molecule has 3 heteroatoms. The Kier molecular flexibility index (Phi) is 2.30. The summed E-state index contributed by atoms with van der Waals surface area (Å²) in [5.74, 6) is 0. The normalized spacial score (nSPS) is 20.9. The molecule has 1 aliphatic heterocycles. The Morgan fingerprint density at radius 1 is 1.42 bits per heavy atom. The number of hydrogen-bond acceptors (Lipinski definition) is 2. The van der Waals surface area contributed by atoms with Crippen molar-refractivity contribution >= 4 is 28.8 Å². The quantitative estimate of drug-likeness (QED) is 0.720. The van der Waals surface area contributed by atoms with Crippen molar-refractivity contribution in [3.05, 3.63) is 33.4 Å². The van der Waals surface area contributed by atoms with E-state index in [2.05, 4.69) is 58.2 Å². The Balaban J connectivity index is 2.18. The van der Waals surface area contributed by atoms with Gasteiger partial charge in [-0.25, -0.2) is 0 Å². The van der Waals surface area contributed by atoms with Crippen LogP contribution in [0, 0.1) is 3.57 Å². The summed E-state index contributed by atoms with van der Waals surface area (Å²) in [7, 11) is 0. The van der Waals surface area contributed by atoms with Crippen molar-refractivity contribution in [3.63, 3.8) is 0 Å². The van der Waals surface area contributed by atoms with Gasteiger partial charge in [0.2, 0.25) is 0 Å². The minimum absolute atomic E-state index is 0.0852. The van der Waals surface area contributed by atoms with Gasteiger partial charge in [-0.1, -0.05) is 17.3 Å². The lowest BCUT2D eigenvalue weighted by molar-refractivity contribution is 0.0858. The molecule has 1 unspecified atom stereocenters. The molecule has 1 aromatic rings. The summed E-state index contributed by atoms with van der Waals surface area (Å²) in [6, 6.07) is 8.26. The SMILES string of the molecule is Ic1ccc(C2C[C]=NO2)cc1. The summed E-state index contributed by atoms with van der Waals surface area (Å²) in [5, 5.41) is 3.61. The van der Waals surface area contributed by atoms with E-state index in [1.165, 1.54) is 9.13 Å². The molecule has 1 radical (unpaired) electrons. The maximum atomic E-state index is 5.09. The molecule has 2 rings (SSSR count). The molecule has 2 nitrogen and oxygen atoms in total. The summed E-state index contributed by atoms with van der Waals surface area (Å²) in [6.07, 6.45) is 3.64. The molecule has 1 heterocycles. The maximum absolute atomic E-state index is 5.09. The van der Waals surface area contributed by atoms with Crippen LogP contribution in [-0.4, -0.2) is 6.21 Å². The molecule has 0 amide bonds. The lowest BCUT2D eigenvalue weighted by atomic mass is 10.1. The van der Waals surface area contributed by atoms with Gasteiger partial charge in [-0.05, 0) is 40.3 Å². The van der Waals surface area contributed by atoms with E-state index >= 15 is 0 Å². The summed E-state index contributed by atoms with van der Waals surface area (Å²) >= 11 is 2.28. The Morgan fingerprint density at radius 3 is 2.75 bits per heavy atom. The zero-order valence-electron chi connectivity index (χ0n) is 6.33. The number of halogens is 1. The Labute approximate surface area is 84.7 Å². The van der Waals surface area contributed by atoms with Crippen molar-refractivity contribution in [2.75, 3.05) is 0 Å². The van der Waals surface area contributed by atoms with E-state index < -0.39 is 0 Å². The van der Waals surface area contributed by atoms with Gasteiger partial charge in [-0.3, -0.25) is 0 Å². The number of benzene rings is 1. The minimum Gasteiger partial charge on any atom is -0.387 e. The monoisotopic (exact) mass is 272 g/mol. The van der Waals surface area contributed by atoms with Gasteiger partial charge in [0.15, 0.2) is 6.10 Å². The first-order chi connectivity index (χ1) is 5.86. The molecule has 0 aromatic heterocycles. The fraction of sp³-hybridized carbons (Fsp3) is 0.222. The van der Waals surface area contributed by atoms with Crippen LogP contribution >= 0.6 is 22.6 Å². The molecule has 0 bridgehead atoms. The van der Waals surface area contributed by atoms with E-state index in [0.29, 0.717) is 0 Å². The summed E-state index contributed by atoms with van der Waals surface area (Å²) < 4.78 is 1.24. The standard InChI is InChI=1S/C9H7INO/c10-8-3-1-7(2-4-8)9-5-6-11-12-9/h1-4,9H,5H2. The van der Waals surface area contributed by atoms with Crippen LogP contribution in [0.2, 0.25) is 0 Å². The molecule has 0 spiro atoms. The lowest BCUT2D eigenvalue weighted by Gasteiger charge is -2.07. The van der Waals surface area contributed by atoms with E-state index in [1.807, 2.05) is 0 Å². The van der Waals surface area contributed by atoms with E-state index in [9.17, 15) is 0 Å². The molecule has 0 saturated carbocycles. The first kappa shape index (κ1) is 8.04. The molecule has 61 valence electrons. The topological polar surface area (TPSA) is 21.6 Å². The highest BCUT2D eigenvalue weighted by Gasteiger charge is 2.15. The van der Waals surface area contributed by atoms with Gasteiger partial charge in [0.25, 0.3) is 0 Å². The third-order valence-electron chi connectivity index (χ3n) is 1.76. The van der Waals surface area contributed by atoms with Crippen LogP contribution in [0.3, 0.4) is 0 Å². The second-order valence-electron chi connectivity index (χ2n) is 2.60. The highest BCUT2D eigenvalue weighted by atomic mass is 127. The minimum atomic E-state index is 0.0852. The number of nitrogens with zero attached hydrogens (tertiary/aromatic N) is 1. The first-order valence-corrected chi connectivity index (χ1v) is 4.78. The number of rotatable bonds is 1. The van der Waals surface area contributed by atoms with Gasteiger partial charge in [-0.2, -0.15) is 0 Å². The molecule has 12 heavy (non-hydrogen) atoms. The van der Waals surface area contributed by atoms with E-state index in [1.54, 1.807) is 0 Å². The lowest BCUT2D eigenvalue weighted by Crippen LogP contribution is -1.94. The summed E-state index contributed by atoms with van der Waals surface area (Å²) in [5.41, 5.74) is 1.17. The Hall–Kier alpha value is -0.580. The van der Waals surface area contributed by atoms with Crippen molar-refractivity contribution in [1.29, 1.82) is 0 Å². The van der Waals surface area contributed by atoms with Crippen molar-refractivity contribution in [2.45, 2.75) is 12.5 Å². The van der Waals surface area contributed by atoms with Crippen LogP contribution in [0.5, 0.6) is 0 Å². The average molecular weight is 272 g/mol. The van der Waals surface area contributed by atoms with Gasteiger partial charge in [0, 0.05) is 9.99 Å². The predicted octanol–water partition coefficient (Wildman–Crippen LogP) is 2.62. The second-order valence-corrected chi connectivity index (χ2v) is 3.84. The predicted molar refractivity (Wildman–Crippen MR) is 55.0 cm³/mol.